The fraction of sp³-hybridized carbons (Fsp3) is 0.800. The summed E-state index contributed by atoms with van der Waals surface area (Å²) in [5, 5.41) is 0.218. The molecule has 0 aromatic heterocycles. The van der Waals surface area contributed by atoms with E-state index in [0.717, 1.165) is 6.42 Å². The van der Waals surface area contributed by atoms with Crippen LogP contribution >= 0.6 is 11.6 Å². The molecular weight excluding hydrogens is 156 g/mol. The molecule has 11 heavy (non-hydrogen) atoms. The Morgan fingerprint density at radius 3 is 1.91 bits per heavy atom. The predicted octanol–water partition coefficient (Wildman–Crippen LogP) is 3.85. The summed E-state index contributed by atoms with van der Waals surface area (Å²) in [6.45, 7) is 12.5. The molecule has 0 aliphatic heterocycles. The van der Waals surface area contributed by atoms with Gasteiger partial charge in [-0.2, -0.15) is 0 Å². The third-order valence-electron chi connectivity index (χ3n) is 1.91. The summed E-state index contributed by atoms with van der Waals surface area (Å²) >= 11 is 6.02. The highest BCUT2D eigenvalue weighted by Crippen LogP contribution is 2.25. The molecular formula is C10H19Cl. The lowest BCUT2D eigenvalue weighted by Gasteiger charge is -2.21. The van der Waals surface area contributed by atoms with Crippen molar-refractivity contribution in [2.75, 3.05) is 0 Å². The van der Waals surface area contributed by atoms with Gasteiger partial charge in [-0.15, -0.1) is 11.6 Å². The van der Waals surface area contributed by atoms with Gasteiger partial charge in [-0.1, -0.05) is 26.0 Å². The minimum Gasteiger partial charge on any atom is -0.123 e. The molecule has 0 N–H and O–H groups in total. The van der Waals surface area contributed by atoms with Gasteiger partial charge in [0, 0.05) is 5.38 Å². The SMILES string of the molecule is C=C(C)C(CC(C)C)[C@@H](C)Cl. The van der Waals surface area contributed by atoms with Crippen molar-refractivity contribution in [1.29, 1.82) is 0 Å². The first kappa shape index (κ1) is 11.0. The molecule has 66 valence electrons. The van der Waals surface area contributed by atoms with E-state index in [1.165, 1.54) is 5.57 Å². The van der Waals surface area contributed by atoms with E-state index < -0.39 is 0 Å². The number of halogens is 1. The zero-order valence-electron chi connectivity index (χ0n) is 8.02. The number of hydrogen-bond donors (Lipinski definition) is 0. The highest BCUT2D eigenvalue weighted by atomic mass is 35.5. The molecule has 0 saturated heterocycles. The second kappa shape index (κ2) is 4.82. The first-order chi connectivity index (χ1) is 4.95. The molecule has 0 aliphatic rings. The van der Waals surface area contributed by atoms with E-state index >= 15 is 0 Å². The van der Waals surface area contributed by atoms with Crippen molar-refractivity contribution in [3.63, 3.8) is 0 Å². The maximum absolute atomic E-state index is 6.02. The van der Waals surface area contributed by atoms with Crippen molar-refractivity contribution in [3.05, 3.63) is 12.2 Å². The van der Waals surface area contributed by atoms with Crippen LogP contribution < -0.4 is 0 Å². The maximum atomic E-state index is 6.02. The molecule has 0 bridgehead atoms. The van der Waals surface area contributed by atoms with Gasteiger partial charge in [-0.05, 0) is 32.1 Å². The Labute approximate surface area is 75.6 Å². The smallest absolute Gasteiger partial charge is 0.0373 e. The van der Waals surface area contributed by atoms with Gasteiger partial charge in [0.15, 0.2) is 0 Å². The van der Waals surface area contributed by atoms with Crippen LogP contribution in [0.4, 0.5) is 0 Å². The second-order valence-electron chi connectivity index (χ2n) is 3.76. The van der Waals surface area contributed by atoms with Crippen molar-refractivity contribution >= 4 is 11.6 Å². The molecule has 0 aliphatic carbocycles. The number of rotatable bonds is 4. The van der Waals surface area contributed by atoms with E-state index in [-0.39, 0.29) is 5.38 Å². The van der Waals surface area contributed by atoms with Gasteiger partial charge < -0.3 is 0 Å². The van der Waals surface area contributed by atoms with E-state index in [2.05, 4.69) is 27.4 Å². The Morgan fingerprint density at radius 1 is 1.36 bits per heavy atom. The normalized spacial score (nSPS) is 16.5. The van der Waals surface area contributed by atoms with Gasteiger partial charge >= 0.3 is 0 Å². The lowest BCUT2D eigenvalue weighted by molar-refractivity contribution is 0.452. The summed E-state index contributed by atoms with van der Waals surface area (Å²) in [6.07, 6.45) is 1.15. The van der Waals surface area contributed by atoms with Gasteiger partial charge in [0.2, 0.25) is 0 Å². The standard InChI is InChI=1S/C10H19Cl/c1-7(2)6-10(8(3)4)9(5)11/h7,9-10H,3,6H2,1-2,4-5H3/t9-,10?/m1/s1. The molecule has 0 heterocycles. The topological polar surface area (TPSA) is 0 Å². The summed E-state index contributed by atoms with van der Waals surface area (Å²) in [6, 6.07) is 0. The van der Waals surface area contributed by atoms with E-state index in [1.807, 2.05) is 6.92 Å². The van der Waals surface area contributed by atoms with Crippen LogP contribution in [0, 0.1) is 11.8 Å². The largest absolute Gasteiger partial charge is 0.123 e. The Hall–Kier alpha value is 0.0300. The molecule has 0 aromatic carbocycles. The van der Waals surface area contributed by atoms with Crippen LogP contribution in [-0.2, 0) is 0 Å². The van der Waals surface area contributed by atoms with Crippen LogP contribution in [0.3, 0.4) is 0 Å². The molecule has 0 aromatic rings. The van der Waals surface area contributed by atoms with Gasteiger partial charge in [0.25, 0.3) is 0 Å². The van der Waals surface area contributed by atoms with Gasteiger partial charge in [-0.25, -0.2) is 0 Å². The Morgan fingerprint density at radius 2 is 1.82 bits per heavy atom. The summed E-state index contributed by atoms with van der Waals surface area (Å²) in [7, 11) is 0. The quantitative estimate of drug-likeness (QED) is 0.449. The highest BCUT2D eigenvalue weighted by Gasteiger charge is 2.16. The molecule has 0 rings (SSSR count). The van der Waals surface area contributed by atoms with Crippen LogP contribution in [0.1, 0.15) is 34.1 Å². The maximum Gasteiger partial charge on any atom is 0.0373 e. The van der Waals surface area contributed by atoms with Gasteiger partial charge in [-0.3, -0.25) is 0 Å². The predicted molar refractivity (Wildman–Crippen MR) is 53.1 cm³/mol. The molecule has 0 amide bonds. The Bertz CT molecular complexity index is 125. The second-order valence-corrected chi connectivity index (χ2v) is 4.45. The lowest BCUT2D eigenvalue weighted by atomic mass is 9.89. The summed E-state index contributed by atoms with van der Waals surface area (Å²) < 4.78 is 0. The average molecular weight is 175 g/mol. The number of allylic oxidation sites excluding steroid dienone is 1. The van der Waals surface area contributed by atoms with E-state index in [9.17, 15) is 0 Å². The zero-order valence-corrected chi connectivity index (χ0v) is 8.78. The lowest BCUT2D eigenvalue weighted by Crippen LogP contribution is -2.14. The molecule has 0 spiro atoms. The molecule has 0 fully saturated rings. The minimum absolute atomic E-state index is 0.218. The Kier molecular flexibility index (Phi) is 4.83. The first-order valence-corrected chi connectivity index (χ1v) is 4.68. The summed E-state index contributed by atoms with van der Waals surface area (Å²) in [4.78, 5) is 0. The highest BCUT2D eigenvalue weighted by molar-refractivity contribution is 6.20. The summed E-state index contributed by atoms with van der Waals surface area (Å²) in [5.41, 5.74) is 1.21. The van der Waals surface area contributed by atoms with Crippen molar-refractivity contribution < 1.29 is 0 Å². The van der Waals surface area contributed by atoms with Gasteiger partial charge in [0.05, 0.1) is 0 Å². The molecule has 2 atom stereocenters. The van der Waals surface area contributed by atoms with Crippen molar-refractivity contribution in [2.45, 2.75) is 39.5 Å². The third-order valence-corrected chi connectivity index (χ3v) is 2.22. The average Bonchev–Trinajstić information content (AvgIpc) is 1.81. The number of hydrogen-bond acceptors (Lipinski definition) is 0. The first-order valence-electron chi connectivity index (χ1n) is 4.24. The van der Waals surface area contributed by atoms with Crippen LogP contribution in [0.25, 0.3) is 0 Å². The van der Waals surface area contributed by atoms with Crippen LogP contribution in [0.2, 0.25) is 0 Å². The van der Waals surface area contributed by atoms with Crippen molar-refractivity contribution in [2.24, 2.45) is 11.8 Å². The third kappa shape index (κ3) is 4.47. The molecule has 0 radical (unpaired) electrons. The molecule has 0 nitrogen and oxygen atoms in total. The van der Waals surface area contributed by atoms with Crippen molar-refractivity contribution in [1.82, 2.24) is 0 Å². The van der Waals surface area contributed by atoms with Crippen molar-refractivity contribution in [3.8, 4) is 0 Å². The molecule has 0 saturated carbocycles. The van der Waals surface area contributed by atoms with Crippen LogP contribution in [0.15, 0.2) is 12.2 Å². The van der Waals surface area contributed by atoms with Crippen LogP contribution in [-0.4, -0.2) is 5.38 Å². The zero-order chi connectivity index (χ0) is 9.02. The Balaban J connectivity index is 4.01. The molecule has 1 heteroatoms. The summed E-state index contributed by atoms with van der Waals surface area (Å²) in [5.74, 6) is 1.19. The monoisotopic (exact) mass is 174 g/mol. The number of alkyl halides is 1. The minimum atomic E-state index is 0.218. The van der Waals surface area contributed by atoms with Gasteiger partial charge in [0.1, 0.15) is 0 Å². The van der Waals surface area contributed by atoms with E-state index in [0.29, 0.717) is 11.8 Å². The van der Waals surface area contributed by atoms with E-state index in [1.54, 1.807) is 0 Å². The fourth-order valence-corrected chi connectivity index (χ4v) is 1.61. The molecule has 1 unspecified atom stereocenters. The van der Waals surface area contributed by atoms with E-state index in [4.69, 9.17) is 11.6 Å². The fourth-order valence-electron chi connectivity index (χ4n) is 1.29. The van der Waals surface area contributed by atoms with Crippen LogP contribution in [0.5, 0.6) is 0 Å².